The van der Waals surface area contributed by atoms with E-state index in [0.717, 1.165) is 0 Å². The molecule has 0 saturated heterocycles. The van der Waals surface area contributed by atoms with Crippen LogP contribution >= 0.6 is 74.5 Å². The molecule has 9 heteroatoms. The van der Waals surface area contributed by atoms with Crippen LogP contribution in [0.5, 0.6) is 0 Å². The number of hydrogen-bond acceptors (Lipinski definition) is 0. The Hall–Kier alpha value is 2.78. The molecule has 0 aromatic rings. The van der Waals surface area contributed by atoms with Crippen molar-refractivity contribution in [2.45, 2.75) is 0 Å². The van der Waals surface area contributed by atoms with Crippen molar-refractivity contribution in [2.24, 2.45) is 0 Å². The molecule has 0 aromatic heterocycles. The summed E-state index contributed by atoms with van der Waals surface area (Å²) in [6.45, 7) is 0. The molecule has 0 aliphatic carbocycles. The van der Waals surface area contributed by atoms with Gasteiger partial charge in [-0.2, -0.15) is 0 Å². The Balaban J connectivity index is 0. The van der Waals surface area contributed by atoms with E-state index in [0.29, 0.717) is 0 Å². The number of halogens is 7. The number of rotatable bonds is 0. The summed E-state index contributed by atoms with van der Waals surface area (Å²) in [6, 6.07) is 0. The monoisotopic (exact) mass is 300 g/mol. The van der Waals surface area contributed by atoms with E-state index in [9.17, 15) is 0 Å². The Morgan fingerprint density at radius 1 is 0.778 bits per heavy atom. The fourth-order valence-electron chi connectivity index (χ4n) is 0. The molecule has 0 aliphatic rings. The summed E-state index contributed by atoms with van der Waals surface area (Å²) in [4.78, 5) is 0. The lowest BCUT2D eigenvalue weighted by atomic mass is 26.6. The molecule has 0 unspecified atom stereocenters. The average molecular weight is 303 g/mol. The quantitative estimate of drug-likeness (QED) is 0.467. The van der Waals surface area contributed by atoms with Crippen molar-refractivity contribution >= 4 is 91.2 Å². The molecule has 56 valence electrons. The highest BCUT2D eigenvalue weighted by molar-refractivity contribution is 7.81. The van der Waals surface area contributed by atoms with Gasteiger partial charge in [0, 0.05) is 0 Å². The normalized spacial score (nSPS) is 9.67. The molecular formula is AlCl7Si. The summed E-state index contributed by atoms with van der Waals surface area (Å²) in [5.41, 5.74) is 0. The Labute approximate surface area is 90.1 Å². The van der Waals surface area contributed by atoms with Gasteiger partial charge >= 0.3 is 16.7 Å². The molecule has 0 atom stereocenters. The first kappa shape index (κ1) is 14.3. The van der Waals surface area contributed by atoms with Crippen molar-refractivity contribution in [3.8, 4) is 0 Å². The van der Waals surface area contributed by atoms with Crippen LogP contribution < -0.4 is 0 Å². The molecular weight excluding hydrogens is 303 g/mol. The summed E-state index contributed by atoms with van der Waals surface area (Å²) in [5.74, 6) is 0. The molecule has 0 aromatic carbocycles. The summed E-state index contributed by atoms with van der Waals surface area (Å²) >= 11 is 18.1. The maximum atomic E-state index is 4.97. The maximum absolute atomic E-state index is 4.97. The summed E-state index contributed by atoms with van der Waals surface area (Å²) in [5, 5.41) is -2.72. The number of hydrogen-bond donors (Lipinski definition) is 0. The molecule has 0 nitrogen and oxygen atoms in total. The first-order valence-electron chi connectivity index (χ1n) is 1.41. The fraction of sp³-hybridized carbons (Fsp3) is 0. The molecule has 0 radical (unpaired) electrons. The Kier molecular flexibility index (Phi) is 11.8. The lowest BCUT2D eigenvalue weighted by molar-refractivity contribution is 3.80. The Morgan fingerprint density at radius 3 is 0.778 bits per heavy atom. The van der Waals surface area contributed by atoms with Crippen LogP contribution in [0.25, 0.3) is 0 Å². The van der Waals surface area contributed by atoms with Gasteiger partial charge in [-0.05, 0) is 0 Å². The maximum Gasteiger partial charge on any atom is 0.643 e. The molecule has 0 rings (SSSR count). The van der Waals surface area contributed by atoms with Gasteiger partial charge in [0.1, 0.15) is 0 Å². The molecule has 0 spiro atoms. The predicted octanol–water partition coefficient (Wildman–Crippen LogP) is 4.06. The van der Waals surface area contributed by atoms with E-state index < -0.39 is 16.7 Å². The third-order valence-corrected chi connectivity index (χ3v) is 0. The van der Waals surface area contributed by atoms with Crippen LogP contribution in [0.1, 0.15) is 0 Å². The van der Waals surface area contributed by atoms with Gasteiger partial charge < -0.3 is 0 Å². The van der Waals surface area contributed by atoms with E-state index in [4.69, 9.17) is 74.5 Å². The van der Waals surface area contributed by atoms with Crippen LogP contribution in [0.2, 0.25) is 0 Å². The van der Waals surface area contributed by atoms with E-state index in [1.54, 1.807) is 0 Å². The molecule has 0 saturated carbocycles. The molecule has 0 bridgehead atoms. The zero-order valence-electron chi connectivity index (χ0n) is 3.72. The van der Waals surface area contributed by atoms with Gasteiger partial charge in [0.05, 0.1) is 0 Å². The molecule has 9 heavy (non-hydrogen) atoms. The minimum absolute atomic E-state index is 1.72. The van der Waals surface area contributed by atoms with Crippen LogP contribution in [0.3, 0.4) is 0 Å². The Morgan fingerprint density at radius 2 is 0.778 bits per heavy atom. The van der Waals surface area contributed by atoms with Gasteiger partial charge in [0.25, 0.3) is 0 Å². The van der Waals surface area contributed by atoms with Crippen molar-refractivity contribution in [3.63, 3.8) is 0 Å². The lowest BCUT2D eigenvalue weighted by Gasteiger charge is -1.85. The van der Waals surface area contributed by atoms with Crippen molar-refractivity contribution in [1.82, 2.24) is 0 Å². The predicted molar refractivity (Wildman–Crippen MR) is 52.5 cm³/mol. The summed E-state index contributed by atoms with van der Waals surface area (Å²) in [7, 11) is 14.8. The van der Waals surface area contributed by atoms with Crippen molar-refractivity contribution in [3.05, 3.63) is 0 Å². The van der Waals surface area contributed by atoms with Crippen molar-refractivity contribution in [2.75, 3.05) is 0 Å². The lowest BCUT2D eigenvalue weighted by Crippen LogP contribution is -1.91. The fourth-order valence-corrected chi connectivity index (χ4v) is 0. The first-order chi connectivity index (χ1) is 3.73. The van der Waals surface area contributed by atoms with Gasteiger partial charge in [-0.1, -0.05) is 0 Å². The largest absolute Gasteiger partial charge is 0.643 e. The standard InChI is InChI=1S/Al.Cl4Si.3ClH/c;1-5(2,3)4;;;/h;;3*1H/q+3;;;;/p-3. The van der Waals surface area contributed by atoms with Gasteiger partial charge in [0.2, 0.25) is 0 Å². The third-order valence-electron chi connectivity index (χ3n) is 0. The topological polar surface area (TPSA) is 0 Å². The van der Waals surface area contributed by atoms with E-state index in [1.165, 1.54) is 0 Å². The smallest absolute Gasteiger partial charge is 0.214 e. The van der Waals surface area contributed by atoms with Crippen LogP contribution in [0, 0.1) is 0 Å². The molecule has 0 N–H and O–H groups in total. The second-order valence-corrected chi connectivity index (χ2v) is 18.3. The van der Waals surface area contributed by atoms with Gasteiger partial charge in [-0.25, -0.2) is 30.1 Å². The van der Waals surface area contributed by atoms with E-state index >= 15 is 0 Å². The average Bonchev–Trinajstić information content (AvgIpc) is 1.19. The summed E-state index contributed by atoms with van der Waals surface area (Å²) < 4.78 is 0. The van der Waals surface area contributed by atoms with E-state index in [2.05, 4.69) is 0 Å². The molecule has 0 aliphatic heterocycles. The second kappa shape index (κ2) is 7.43. The van der Waals surface area contributed by atoms with Gasteiger partial charge in [-0.3, -0.25) is 0 Å². The minimum atomic E-state index is -2.72. The second-order valence-electron chi connectivity index (χ2n) is 0.676. The highest BCUT2D eigenvalue weighted by atomic mass is 36.0. The SMILES string of the molecule is Cl[Si](Cl)(Cl)Cl.[Cl][Al]([Cl])[Cl]. The molecule has 0 heterocycles. The zero-order chi connectivity index (χ0) is 8.08. The van der Waals surface area contributed by atoms with Crippen LogP contribution in [0.4, 0.5) is 0 Å². The summed E-state index contributed by atoms with van der Waals surface area (Å²) in [6.07, 6.45) is 0. The van der Waals surface area contributed by atoms with Crippen molar-refractivity contribution in [1.29, 1.82) is 0 Å². The van der Waals surface area contributed by atoms with Gasteiger partial charge in [0.15, 0.2) is 0 Å². The highest BCUT2D eigenvalue weighted by Crippen LogP contribution is 2.23. The van der Waals surface area contributed by atoms with Crippen LogP contribution in [-0.4, -0.2) is 16.7 Å². The van der Waals surface area contributed by atoms with Gasteiger partial charge in [-0.15, -0.1) is 44.3 Å². The zero-order valence-corrected chi connectivity index (χ0v) is 11.2. The van der Waals surface area contributed by atoms with Crippen molar-refractivity contribution < 1.29 is 0 Å². The van der Waals surface area contributed by atoms with E-state index in [1.807, 2.05) is 0 Å². The van der Waals surface area contributed by atoms with Crippen LogP contribution in [0.15, 0.2) is 0 Å². The van der Waals surface area contributed by atoms with Crippen LogP contribution in [-0.2, 0) is 0 Å². The highest BCUT2D eigenvalue weighted by Gasteiger charge is 2.19. The minimum Gasteiger partial charge on any atom is -0.214 e. The third kappa shape index (κ3) is 108. The Bertz CT molecular complexity index is 45.7. The van der Waals surface area contributed by atoms with E-state index in [-0.39, 0.29) is 0 Å². The molecule has 0 amide bonds. The molecule has 0 fully saturated rings. The first-order valence-corrected chi connectivity index (χ1v) is 12.7.